The van der Waals surface area contributed by atoms with E-state index >= 15 is 0 Å². The van der Waals surface area contributed by atoms with E-state index in [1.54, 1.807) is 0 Å². The molecule has 0 spiro atoms. The van der Waals surface area contributed by atoms with Crippen LogP contribution in [-0.2, 0) is 22.4 Å². The number of alkyl halides is 2. The van der Waals surface area contributed by atoms with Crippen molar-refractivity contribution in [1.82, 2.24) is 0 Å². The fraction of sp³-hybridized carbons (Fsp3) is 1.00. The Morgan fingerprint density at radius 3 is 1.33 bits per heavy atom. The molecule has 0 aliphatic rings. The molecule has 1 N–H and O–H groups in total. The first kappa shape index (κ1) is 11.1. The number of rotatable bonds is 0. The van der Waals surface area contributed by atoms with Crippen LogP contribution in [0.3, 0.4) is 0 Å². The van der Waals surface area contributed by atoms with Crippen molar-refractivity contribution in [1.29, 1.82) is 0 Å². The number of aliphatic hydroxyl groups is 1. The zero-order valence-electron chi connectivity index (χ0n) is 2.66. The summed E-state index contributed by atoms with van der Waals surface area (Å²) in [4.78, 5) is 0. The summed E-state index contributed by atoms with van der Waals surface area (Å²) in [5, 5.41) is 7.89. The Balaban J connectivity index is 0. The third-order valence-corrected chi connectivity index (χ3v) is 0. The van der Waals surface area contributed by atoms with E-state index in [4.69, 9.17) is 5.11 Å². The van der Waals surface area contributed by atoms with Crippen molar-refractivity contribution in [2.24, 2.45) is 0 Å². The summed E-state index contributed by atoms with van der Waals surface area (Å²) in [6, 6.07) is 0. The van der Waals surface area contributed by atoms with Crippen molar-refractivity contribution < 1.29 is 27.5 Å². The predicted molar refractivity (Wildman–Crippen MR) is 32.8 cm³/mol. The molecule has 0 unspecified atom stereocenters. The molecule has 0 aromatic heterocycles. The van der Waals surface area contributed by atoms with E-state index in [1.807, 2.05) is 0 Å². The molecule has 0 heterocycles. The average Bonchev–Trinajstić information content (AvgIpc) is 1.41. The molecule has 0 rings (SSSR count). The third kappa shape index (κ3) is 33.6. The van der Waals surface area contributed by atoms with Gasteiger partial charge in [0.2, 0.25) is 0 Å². The minimum absolute atomic E-state index is 0.542. The van der Waals surface area contributed by atoms with Crippen molar-refractivity contribution >= 4 is 44.1 Å². The van der Waals surface area contributed by atoms with Gasteiger partial charge in [0, 0.05) is 0 Å². The second-order valence-electron chi connectivity index (χ2n) is 0.278. The van der Waals surface area contributed by atoms with Gasteiger partial charge in [-0.25, -0.2) is 0 Å². The number of hydrogen-bond donors (Lipinski definition) is 1. The molecule has 0 aliphatic carbocycles. The van der Waals surface area contributed by atoms with Gasteiger partial charge in [-0.3, -0.25) is 0 Å². The molecule has 0 atom stereocenters. The molecule has 5 heteroatoms. The van der Waals surface area contributed by atoms with E-state index < -0.39 is 3.92 Å². The van der Waals surface area contributed by atoms with Crippen LogP contribution < -0.4 is 0 Å². The Kier molecular flexibility index (Phi) is 19.1. The normalized spacial score (nSPS) is 6.67. The van der Waals surface area contributed by atoms with E-state index in [0.29, 0.717) is 0 Å². The Labute approximate surface area is 74.4 Å². The van der Waals surface area contributed by atoms with Crippen molar-refractivity contribution in [2.75, 3.05) is 0 Å². The Hall–Kier alpha value is 2.28. The van der Waals surface area contributed by atoms with E-state index in [-0.39, 0.29) is 0 Å². The second kappa shape index (κ2) is 10.3. The summed E-state index contributed by atoms with van der Waals surface area (Å²) in [5.41, 5.74) is 0. The molecule has 0 amide bonds. The van der Waals surface area contributed by atoms with Gasteiger partial charge < -0.3 is 5.11 Å². The van der Waals surface area contributed by atoms with Gasteiger partial charge in [-0.15, -0.1) is 0 Å². The molecule has 0 bridgehead atoms. The zero-order chi connectivity index (χ0) is 5.58. The van der Waals surface area contributed by atoms with Crippen molar-refractivity contribution in [3.63, 3.8) is 0 Å². The number of aliphatic hydroxyl groups excluding tert-OH is 1. The van der Waals surface area contributed by atoms with Crippen LogP contribution in [0.1, 0.15) is 0 Å². The second-order valence-corrected chi connectivity index (χ2v) is 3.24. The molecule has 0 radical (unpaired) electrons. The summed E-state index contributed by atoms with van der Waals surface area (Å²) in [6.45, 7) is 0. The summed E-state index contributed by atoms with van der Waals surface area (Å²) in [5.74, 6) is 0. The molecule has 1 nitrogen and oxygen atoms in total. The number of halogens is 3. The van der Waals surface area contributed by atoms with Crippen LogP contribution >= 0.6 is 44.1 Å². The van der Waals surface area contributed by atoms with Gasteiger partial charge in [0.1, 0.15) is 0 Å². The van der Waals surface area contributed by atoms with Gasteiger partial charge in [-0.2, -0.15) is 0 Å². The SMILES string of the molecule is OC(Br)Br.[Br][Zr]. The van der Waals surface area contributed by atoms with E-state index in [9.17, 15) is 0 Å². The van der Waals surface area contributed by atoms with Crippen molar-refractivity contribution in [3.05, 3.63) is 0 Å². The maximum absolute atomic E-state index is 7.89. The molecule has 0 aliphatic heterocycles. The van der Waals surface area contributed by atoms with Gasteiger partial charge in [-0.05, 0) is 31.9 Å². The first-order chi connectivity index (χ1) is 2.73. The Morgan fingerprint density at radius 2 is 1.33 bits per heavy atom. The van der Waals surface area contributed by atoms with E-state index in [2.05, 4.69) is 44.1 Å². The zero-order valence-corrected chi connectivity index (χ0v) is 9.87. The minimum atomic E-state index is -0.542. The maximum atomic E-state index is 7.89. The van der Waals surface area contributed by atoms with Crippen molar-refractivity contribution in [2.45, 2.75) is 3.92 Å². The van der Waals surface area contributed by atoms with Crippen LogP contribution in [0.4, 0.5) is 0 Å². The Morgan fingerprint density at radius 1 is 1.33 bits per heavy atom. The number of hydrogen-bond acceptors (Lipinski definition) is 1. The first-order valence-electron chi connectivity index (χ1n) is 0.884. The third-order valence-electron chi connectivity index (χ3n) is 0. The van der Waals surface area contributed by atoms with Gasteiger partial charge in [0.25, 0.3) is 0 Å². The van der Waals surface area contributed by atoms with Crippen LogP contribution in [0, 0.1) is 0 Å². The summed E-state index contributed by atoms with van der Waals surface area (Å²) >= 11 is 9.88. The van der Waals surface area contributed by atoms with Gasteiger partial charge in [-0.1, -0.05) is 0 Å². The van der Waals surface area contributed by atoms with E-state index in [1.165, 1.54) is 22.4 Å². The monoisotopic (exact) mass is 357 g/mol. The van der Waals surface area contributed by atoms with Crippen molar-refractivity contribution in [3.8, 4) is 0 Å². The predicted octanol–water partition coefficient (Wildman–Crippen LogP) is 1.90. The fourth-order valence-electron chi connectivity index (χ4n) is 0. The molecule has 0 aromatic carbocycles. The van der Waals surface area contributed by atoms with Crippen LogP contribution in [0.25, 0.3) is 0 Å². The molecular weight excluding hydrogens is 359 g/mol. The molecular formula is CH2Br3OZr. The Bertz CT molecular complexity index is 15.5. The van der Waals surface area contributed by atoms with Crippen LogP contribution in [0.2, 0.25) is 0 Å². The topological polar surface area (TPSA) is 20.2 Å². The summed E-state index contributed by atoms with van der Waals surface area (Å²) in [7, 11) is 0. The quantitative estimate of drug-likeness (QED) is 0.654. The molecule has 0 fully saturated rings. The van der Waals surface area contributed by atoms with Gasteiger partial charge >= 0.3 is 34.6 Å². The van der Waals surface area contributed by atoms with Crippen LogP contribution in [0.5, 0.6) is 0 Å². The van der Waals surface area contributed by atoms with Gasteiger partial charge in [0.15, 0.2) is 3.92 Å². The van der Waals surface area contributed by atoms with Crippen LogP contribution in [0.15, 0.2) is 0 Å². The molecule has 0 aromatic rings. The average molecular weight is 361 g/mol. The molecule has 0 saturated heterocycles. The van der Waals surface area contributed by atoms with Crippen LogP contribution in [-0.4, -0.2) is 9.03 Å². The standard InChI is InChI=1S/CH2Br2O.BrH.Zr/c2-1(3)4;;/h1,4H;1H;/q;;+1/p-1. The summed E-state index contributed by atoms with van der Waals surface area (Å²) in [6.07, 6.45) is 0. The molecule has 6 heavy (non-hydrogen) atoms. The van der Waals surface area contributed by atoms with Gasteiger partial charge in [0.05, 0.1) is 0 Å². The molecule has 37 valence electrons. The first-order valence-corrected chi connectivity index (χ1v) is 8.34. The fourth-order valence-corrected chi connectivity index (χ4v) is 0. The summed E-state index contributed by atoms with van der Waals surface area (Å²) < 4.78 is -0.542. The van der Waals surface area contributed by atoms with E-state index in [0.717, 1.165) is 0 Å². The molecule has 0 saturated carbocycles.